The third kappa shape index (κ3) is 4.76. The Balaban J connectivity index is 1.70. The Hall–Kier alpha value is -3.72. The summed E-state index contributed by atoms with van der Waals surface area (Å²) in [5.41, 5.74) is 6.67. The molecule has 0 radical (unpaired) electrons. The van der Waals surface area contributed by atoms with Gasteiger partial charge in [-0.05, 0) is 87.6 Å². The van der Waals surface area contributed by atoms with Crippen LogP contribution < -0.4 is 10.9 Å². The molecule has 1 aliphatic rings. The zero-order valence-electron chi connectivity index (χ0n) is 23.7. The second-order valence-corrected chi connectivity index (χ2v) is 11.9. The number of fused-ring (bicyclic) bond motifs is 3. The van der Waals surface area contributed by atoms with Crippen LogP contribution in [0.1, 0.15) is 69.6 Å². The molecule has 4 aromatic rings. The van der Waals surface area contributed by atoms with Crippen LogP contribution in [0.2, 0.25) is 0 Å². The van der Waals surface area contributed by atoms with Gasteiger partial charge >= 0.3 is 0 Å². The van der Waals surface area contributed by atoms with Crippen LogP contribution >= 0.6 is 15.9 Å². The predicted octanol–water partition coefficient (Wildman–Crippen LogP) is 5.01. The molecule has 0 spiro atoms. The zero-order valence-corrected chi connectivity index (χ0v) is 25.3. The number of hydrogen-bond acceptors (Lipinski definition) is 4. The van der Waals surface area contributed by atoms with E-state index in [1.54, 1.807) is 35.9 Å². The normalized spacial score (nSPS) is 15.0. The minimum Gasteiger partial charge on any atom is -0.355 e. The Kier molecular flexibility index (Phi) is 7.44. The van der Waals surface area contributed by atoms with E-state index in [9.17, 15) is 14.4 Å². The number of aromatic nitrogens is 3. The van der Waals surface area contributed by atoms with E-state index in [1.807, 2.05) is 48.4 Å². The number of carbonyl (C=O) groups is 2. The fourth-order valence-electron chi connectivity index (χ4n) is 5.55. The molecule has 0 saturated carbocycles. The lowest BCUT2D eigenvalue weighted by Crippen LogP contribution is -2.46. The molecule has 1 atom stereocenters. The smallest absolute Gasteiger partial charge is 0.261 e. The number of carbonyl (C=O) groups excluding carboxylic acids is 2. The molecule has 8 nitrogen and oxygen atoms in total. The Labute approximate surface area is 242 Å². The maximum atomic E-state index is 14.3. The van der Waals surface area contributed by atoms with Gasteiger partial charge in [0.1, 0.15) is 5.65 Å². The number of aryl methyl sites for hydroxylation is 2. The molecule has 0 aliphatic carbocycles. The highest BCUT2D eigenvalue weighted by atomic mass is 79.9. The van der Waals surface area contributed by atoms with Crippen molar-refractivity contribution in [3.63, 3.8) is 0 Å². The first-order chi connectivity index (χ1) is 19.0. The summed E-state index contributed by atoms with van der Waals surface area (Å²) in [5, 5.41) is 7.57. The molecule has 5 rings (SSSR count). The van der Waals surface area contributed by atoms with Gasteiger partial charge in [-0.3, -0.25) is 19.0 Å². The SMILES string of the molecule is CNC(=O)c1ccc(-n2c(=O)c3c(n4nc(C)c(CC(C)C)c24)CN(C(=O)c2ccc(Br)c(C)c2)C(C)C3)cc1. The largest absolute Gasteiger partial charge is 0.355 e. The van der Waals surface area contributed by atoms with E-state index in [2.05, 4.69) is 35.1 Å². The zero-order chi connectivity index (χ0) is 28.9. The molecule has 0 bridgehead atoms. The minimum atomic E-state index is -0.185. The third-order valence-corrected chi connectivity index (χ3v) is 8.57. The maximum Gasteiger partial charge on any atom is 0.261 e. The molecular formula is C31H34BrN5O3. The van der Waals surface area contributed by atoms with Crippen LogP contribution in [0, 0.1) is 19.8 Å². The number of hydrogen-bond donors (Lipinski definition) is 1. The Morgan fingerprint density at radius 1 is 1.10 bits per heavy atom. The molecule has 0 fully saturated rings. The van der Waals surface area contributed by atoms with Crippen molar-refractivity contribution < 1.29 is 9.59 Å². The number of nitrogens with zero attached hydrogens (tertiary/aromatic N) is 4. The second-order valence-electron chi connectivity index (χ2n) is 11.0. The van der Waals surface area contributed by atoms with E-state index in [4.69, 9.17) is 5.10 Å². The Morgan fingerprint density at radius 2 is 1.77 bits per heavy atom. The molecule has 208 valence electrons. The molecule has 1 N–H and O–H groups in total. The van der Waals surface area contributed by atoms with Gasteiger partial charge < -0.3 is 10.2 Å². The third-order valence-electron chi connectivity index (χ3n) is 7.68. The molecule has 0 saturated heterocycles. The number of benzene rings is 2. The van der Waals surface area contributed by atoms with Crippen molar-refractivity contribution in [1.29, 1.82) is 0 Å². The summed E-state index contributed by atoms with van der Waals surface area (Å²) in [5.74, 6) is 0.0949. The van der Waals surface area contributed by atoms with Crippen molar-refractivity contribution in [2.45, 2.75) is 60.0 Å². The summed E-state index contributed by atoms with van der Waals surface area (Å²) in [4.78, 5) is 41.9. The molecule has 2 aromatic carbocycles. The summed E-state index contributed by atoms with van der Waals surface area (Å²) < 4.78 is 4.55. The average molecular weight is 605 g/mol. The quantitative estimate of drug-likeness (QED) is 0.347. The van der Waals surface area contributed by atoms with Crippen LogP contribution in [0.3, 0.4) is 0 Å². The highest BCUT2D eigenvalue weighted by Gasteiger charge is 2.33. The van der Waals surface area contributed by atoms with Crippen molar-refractivity contribution in [3.05, 3.63) is 96.5 Å². The van der Waals surface area contributed by atoms with E-state index >= 15 is 0 Å². The van der Waals surface area contributed by atoms with Gasteiger partial charge in [0.25, 0.3) is 17.4 Å². The van der Waals surface area contributed by atoms with Crippen LogP contribution in [-0.4, -0.2) is 44.0 Å². The van der Waals surface area contributed by atoms with Gasteiger partial charge in [-0.25, -0.2) is 4.52 Å². The van der Waals surface area contributed by atoms with E-state index in [-0.39, 0.29) is 30.0 Å². The van der Waals surface area contributed by atoms with Crippen molar-refractivity contribution in [2.75, 3.05) is 7.05 Å². The van der Waals surface area contributed by atoms with Crippen LogP contribution in [0.4, 0.5) is 0 Å². The monoisotopic (exact) mass is 603 g/mol. The number of halogens is 1. The molecular weight excluding hydrogens is 570 g/mol. The van der Waals surface area contributed by atoms with Crippen LogP contribution in [-0.2, 0) is 19.4 Å². The van der Waals surface area contributed by atoms with Gasteiger partial charge in [-0.2, -0.15) is 5.10 Å². The van der Waals surface area contributed by atoms with Crippen LogP contribution in [0.15, 0.2) is 51.7 Å². The first kappa shape index (κ1) is 27.8. The highest BCUT2D eigenvalue weighted by Crippen LogP contribution is 2.29. The fraction of sp³-hybridized carbons (Fsp3) is 0.355. The van der Waals surface area contributed by atoms with Gasteiger partial charge in [0.2, 0.25) is 0 Å². The van der Waals surface area contributed by atoms with Gasteiger partial charge in [0.15, 0.2) is 0 Å². The lowest BCUT2D eigenvalue weighted by Gasteiger charge is -2.35. The van der Waals surface area contributed by atoms with E-state index in [0.29, 0.717) is 40.4 Å². The first-order valence-electron chi connectivity index (χ1n) is 13.6. The highest BCUT2D eigenvalue weighted by molar-refractivity contribution is 9.10. The van der Waals surface area contributed by atoms with Crippen molar-refractivity contribution in [1.82, 2.24) is 24.4 Å². The van der Waals surface area contributed by atoms with Crippen LogP contribution in [0.5, 0.6) is 0 Å². The molecule has 9 heteroatoms. The number of nitrogens with one attached hydrogen (secondary N) is 1. The Morgan fingerprint density at radius 3 is 2.40 bits per heavy atom. The summed E-state index contributed by atoms with van der Waals surface area (Å²) in [7, 11) is 1.59. The molecule has 2 aromatic heterocycles. The number of rotatable bonds is 5. The Bertz CT molecular complexity index is 1700. The number of amides is 2. The van der Waals surface area contributed by atoms with E-state index in [1.165, 1.54) is 0 Å². The van der Waals surface area contributed by atoms with Crippen molar-refractivity contribution in [3.8, 4) is 5.69 Å². The fourth-order valence-corrected chi connectivity index (χ4v) is 5.79. The van der Waals surface area contributed by atoms with Gasteiger partial charge in [0.05, 0.1) is 23.6 Å². The standard InChI is InChI=1S/C31H34BrN5O3/c1-17(2)13-24-20(5)34-37-27-16-35(30(39)22-9-12-26(32)18(3)14-22)19(4)15-25(27)31(40)36(29(24)37)23-10-7-21(8-11-23)28(38)33-6/h7-12,14,17,19H,13,15-16H2,1-6H3,(H,33,38). The molecule has 3 heterocycles. The summed E-state index contributed by atoms with van der Waals surface area (Å²) in [6.45, 7) is 10.5. The molecule has 1 aliphatic heterocycles. The summed E-state index contributed by atoms with van der Waals surface area (Å²) in [6.07, 6.45) is 1.17. The molecule has 2 amide bonds. The van der Waals surface area contributed by atoms with Crippen molar-refractivity contribution in [2.24, 2.45) is 5.92 Å². The van der Waals surface area contributed by atoms with E-state index < -0.39 is 0 Å². The average Bonchev–Trinajstić information content (AvgIpc) is 3.24. The van der Waals surface area contributed by atoms with Crippen molar-refractivity contribution >= 4 is 33.4 Å². The predicted molar refractivity (Wildman–Crippen MR) is 159 cm³/mol. The maximum absolute atomic E-state index is 14.3. The van der Waals surface area contributed by atoms with Gasteiger partial charge in [-0.1, -0.05) is 29.8 Å². The minimum absolute atomic E-state index is 0.0675. The summed E-state index contributed by atoms with van der Waals surface area (Å²) in [6, 6.07) is 12.5. The van der Waals surface area contributed by atoms with Gasteiger partial charge in [0, 0.05) is 39.8 Å². The lowest BCUT2D eigenvalue weighted by atomic mass is 9.97. The summed E-state index contributed by atoms with van der Waals surface area (Å²) >= 11 is 3.52. The molecule has 1 unspecified atom stereocenters. The molecule has 40 heavy (non-hydrogen) atoms. The van der Waals surface area contributed by atoms with E-state index in [0.717, 1.165) is 33.4 Å². The lowest BCUT2D eigenvalue weighted by molar-refractivity contribution is 0.0651. The van der Waals surface area contributed by atoms with Gasteiger partial charge in [-0.15, -0.1) is 0 Å². The second kappa shape index (κ2) is 10.7. The van der Waals surface area contributed by atoms with Crippen LogP contribution in [0.25, 0.3) is 11.3 Å². The first-order valence-corrected chi connectivity index (χ1v) is 14.4. The topological polar surface area (TPSA) is 88.7 Å².